The van der Waals surface area contributed by atoms with Crippen molar-refractivity contribution in [3.05, 3.63) is 22.3 Å². The third kappa shape index (κ3) is 4.99. The highest BCUT2D eigenvalue weighted by molar-refractivity contribution is 9.10. The van der Waals surface area contributed by atoms with Crippen LogP contribution < -0.4 is 10.6 Å². The first-order chi connectivity index (χ1) is 10.2. The normalized spacial score (nSPS) is 16.3. The number of carbonyl (C=O) groups excluding carboxylic acids is 1. The van der Waals surface area contributed by atoms with Gasteiger partial charge < -0.3 is 10.6 Å². The molecule has 1 aromatic heterocycles. The van der Waals surface area contributed by atoms with E-state index in [9.17, 15) is 4.79 Å². The van der Waals surface area contributed by atoms with Crippen molar-refractivity contribution >= 4 is 27.7 Å². The highest BCUT2D eigenvalue weighted by atomic mass is 79.9. The van der Waals surface area contributed by atoms with Gasteiger partial charge in [0.25, 0.3) is 5.91 Å². The van der Waals surface area contributed by atoms with Crippen LogP contribution in [0.3, 0.4) is 0 Å². The molecule has 1 aliphatic rings. The second-order valence-corrected chi connectivity index (χ2v) is 6.55. The zero-order valence-corrected chi connectivity index (χ0v) is 14.2. The minimum absolute atomic E-state index is 0.0192. The molecular formula is C16H24BrN3O. The van der Waals surface area contributed by atoms with Crippen LogP contribution in [-0.4, -0.2) is 23.5 Å². The summed E-state index contributed by atoms with van der Waals surface area (Å²) in [5.74, 6) is 0.653. The zero-order chi connectivity index (χ0) is 15.1. The fraction of sp³-hybridized carbons (Fsp3) is 0.625. The van der Waals surface area contributed by atoms with Gasteiger partial charge in [-0.3, -0.25) is 4.79 Å². The van der Waals surface area contributed by atoms with Crippen molar-refractivity contribution in [2.45, 2.75) is 57.9 Å². The molecule has 2 rings (SSSR count). The van der Waals surface area contributed by atoms with Gasteiger partial charge in [-0.25, -0.2) is 4.98 Å². The van der Waals surface area contributed by atoms with Crippen LogP contribution in [0.5, 0.6) is 0 Å². The molecule has 2 N–H and O–H groups in total. The summed E-state index contributed by atoms with van der Waals surface area (Å²) in [7, 11) is 0. The lowest BCUT2D eigenvalue weighted by Gasteiger charge is -2.17. The van der Waals surface area contributed by atoms with E-state index in [1.165, 1.54) is 25.7 Å². The van der Waals surface area contributed by atoms with Crippen molar-refractivity contribution in [2.75, 3.05) is 11.9 Å². The van der Waals surface area contributed by atoms with Crippen LogP contribution in [-0.2, 0) is 0 Å². The van der Waals surface area contributed by atoms with E-state index >= 15 is 0 Å². The summed E-state index contributed by atoms with van der Waals surface area (Å²) >= 11 is 3.40. The summed E-state index contributed by atoms with van der Waals surface area (Å²) in [5, 5.41) is 6.41. The second-order valence-electron chi connectivity index (χ2n) is 5.64. The number of hydrogen-bond donors (Lipinski definition) is 2. The van der Waals surface area contributed by atoms with Crippen molar-refractivity contribution in [3.8, 4) is 0 Å². The molecule has 5 heteroatoms. The Morgan fingerprint density at radius 1 is 1.33 bits per heavy atom. The minimum Gasteiger partial charge on any atom is -0.369 e. The van der Waals surface area contributed by atoms with Gasteiger partial charge in [-0.1, -0.05) is 32.6 Å². The highest BCUT2D eigenvalue weighted by Crippen LogP contribution is 2.21. The number of nitrogens with zero attached hydrogens (tertiary/aromatic N) is 1. The van der Waals surface area contributed by atoms with Crippen molar-refractivity contribution in [2.24, 2.45) is 0 Å². The van der Waals surface area contributed by atoms with Gasteiger partial charge in [0.05, 0.1) is 5.56 Å². The predicted octanol–water partition coefficient (Wildman–Crippen LogP) is 4.12. The molecule has 0 atom stereocenters. The van der Waals surface area contributed by atoms with Gasteiger partial charge in [0.2, 0.25) is 0 Å². The quantitative estimate of drug-likeness (QED) is 0.782. The third-order valence-electron chi connectivity index (χ3n) is 3.83. The fourth-order valence-corrected chi connectivity index (χ4v) is 3.01. The maximum absolute atomic E-state index is 12.5. The third-order valence-corrected chi connectivity index (χ3v) is 4.27. The summed E-state index contributed by atoms with van der Waals surface area (Å²) in [4.78, 5) is 16.9. The molecule has 1 amide bonds. The molecule has 0 radical (unpaired) electrons. The average Bonchev–Trinajstić information content (AvgIpc) is 2.74. The Hall–Kier alpha value is -1.10. The van der Waals surface area contributed by atoms with Crippen molar-refractivity contribution in [3.63, 3.8) is 0 Å². The van der Waals surface area contributed by atoms with Gasteiger partial charge >= 0.3 is 0 Å². The van der Waals surface area contributed by atoms with Crippen LogP contribution in [0.1, 0.15) is 62.2 Å². The number of hydrogen-bond acceptors (Lipinski definition) is 3. The molecule has 1 heterocycles. The van der Waals surface area contributed by atoms with E-state index < -0.39 is 0 Å². The van der Waals surface area contributed by atoms with E-state index in [4.69, 9.17) is 0 Å². The number of halogens is 1. The minimum atomic E-state index is -0.0192. The maximum atomic E-state index is 12.5. The lowest BCUT2D eigenvalue weighted by Crippen LogP contribution is -2.35. The van der Waals surface area contributed by atoms with E-state index in [1.54, 1.807) is 6.20 Å². The molecular weight excluding hydrogens is 330 g/mol. The summed E-state index contributed by atoms with van der Waals surface area (Å²) in [5.41, 5.74) is 0.627. The van der Waals surface area contributed by atoms with Crippen LogP contribution in [0.2, 0.25) is 0 Å². The molecule has 0 saturated heterocycles. The monoisotopic (exact) mass is 353 g/mol. The van der Waals surface area contributed by atoms with Gasteiger partial charge in [0.1, 0.15) is 5.82 Å². The number of pyridine rings is 1. The summed E-state index contributed by atoms with van der Waals surface area (Å²) < 4.78 is 0.829. The smallest absolute Gasteiger partial charge is 0.255 e. The van der Waals surface area contributed by atoms with Gasteiger partial charge in [-0.15, -0.1) is 0 Å². The van der Waals surface area contributed by atoms with Gasteiger partial charge in [0.15, 0.2) is 0 Å². The lowest BCUT2D eigenvalue weighted by molar-refractivity contribution is 0.0934. The van der Waals surface area contributed by atoms with Crippen LogP contribution >= 0.6 is 15.9 Å². The molecule has 0 aromatic carbocycles. The van der Waals surface area contributed by atoms with Gasteiger partial charge in [-0.2, -0.15) is 0 Å². The first kappa shape index (κ1) is 16.3. The molecule has 1 fully saturated rings. The van der Waals surface area contributed by atoms with Gasteiger partial charge in [-0.05, 0) is 41.3 Å². The van der Waals surface area contributed by atoms with Crippen molar-refractivity contribution in [1.82, 2.24) is 10.3 Å². The molecule has 4 nitrogen and oxygen atoms in total. The SMILES string of the molecule is CCCNc1ncc(Br)cc1C(=O)NC1CCCCCC1. The molecule has 0 unspecified atom stereocenters. The standard InChI is InChI=1S/C16H24BrN3O/c1-2-9-18-15-14(10-12(17)11-19-15)16(21)20-13-7-5-3-4-6-8-13/h10-11,13H,2-9H2,1H3,(H,18,19)(H,20,21). The zero-order valence-electron chi connectivity index (χ0n) is 12.6. The second kappa shape index (κ2) is 8.37. The van der Waals surface area contributed by atoms with Gasteiger partial charge in [0, 0.05) is 23.3 Å². The lowest BCUT2D eigenvalue weighted by atomic mass is 10.1. The molecule has 21 heavy (non-hydrogen) atoms. The Morgan fingerprint density at radius 3 is 2.71 bits per heavy atom. The van der Waals surface area contributed by atoms with Crippen LogP contribution in [0.4, 0.5) is 5.82 Å². The summed E-state index contributed by atoms with van der Waals surface area (Å²) in [6.07, 6.45) is 9.89. The highest BCUT2D eigenvalue weighted by Gasteiger charge is 2.18. The molecule has 1 saturated carbocycles. The number of nitrogens with one attached hydrogen (secondary N) is 2. The largest absolute Gasteiger partial charge is 0.369 e. The number of anilines is 1. The van der Waals surface area contributed by atoms with E-state index in [0.29, 0.717) is 17.4 Å². The fourth-order valence-electron chi connectivity index (χ4n) is 2.68. The molecule has 0 spiro atoms. The number of carbonyl (C=O) groups is 1. The summed E-state index contributed by atoms with van der Waals surface area (Å²) in [6, 6.07) is 2.15. The Bertz CT molecular complexity index is 471. The molecule has 1 aromatic rings. The maximum Gasteiger partial charge on any atom is 0.255 e. The Morgan fingerprint density at radius 2 is 2.05 bits per heavy atom. The Kier molecular flexibility index (Phi) is 6.49. The van der Waals surface area contributed by atoms with Crippen LogP contribution in [0.15, 0.2) is 16.7 Å². The van der Waals surface area contributed by atoms with E-state index in [1.807, 2.05) is 6.07 Å². The van der Waals surface area contributed by atoms with Crippen LogP contribution in [0.25, 0.3) is 0 Å². The Balaban J connectivity index is 2.07. The first-order valence-electron chi connectivity index (χ1n) is 7.91. The van der Waals surface area contributed by atoms with E-state index in [-0.39, 0.29) is 5.91 Å². The molecule has 0 bridgehead atoms. The number of amides is 1. The molecule has 1 aliphatic carbocycles. The Labute approximate surface area is 135 Å². The summed E-state index contributed by atoms with van der Waals surface area (Å²) in [6.45, 7) is 2.91. The van der Waals surface area contributed by atoms with Crippen molar-refractivity contribution < 1.29 is 4.79 Å². The predicted molar refractivity (Wildman–Crippen MR) is 89.7 cm³/mol. The molecule has 116 valence electrons. The number of aromatic nitrogens is 1. The first-order valence-corrected chi connectivity index (χ1v) is 8.70. The average molecular weight is 354 g/mol. The van der Waals surface area contributed by atoms with Crippen LogP contribution in [0, 0.1) is 0 Å². The topological polar surface area (TPSA) is 54.0 Å². The van der Waals surface area contributed by atoms with E-state index in [2.05, 4.69) is 38.5 Å². The number of rotatable bonds is 5. The molecule has 0 aliphatic heterocycles. The van der Waals surface area contributed by atoms with E-state index in [0.717, 1.165) is 30.3 Å². The van der Waals surface area contributed by atoms with Crippen molar-refractivity contribution in [1.29, 1.82) is 0 Å².